The monoisotopic (exact) mass is 343 g/mol. The summed E-state index contributed by atoms with van der Waals surface area (Å²) < 4.78 is 34.7. The van der Waals surface area contributed by atoms with E-state index in [0.717, 1.165) is 10.9 Å². The van der Waals surface area contributed by atoms with Gasteiger partial charge in [-0.15, -0.1) is 0 Å². The smallest absolute Gasteiger partial charge is 0.320 e. The third-order valence-electron chi connectivity index (χ3n) is 3.68. The lowest BCUT2D eigenvalue weighted by Gasteiger charge is -2.23. The van der Waals surface area contributed by atoms with Crippen LogP contribution in [0.2, 0.25) is 0 Å². The van der Waals surface area contributed by atoms with E-state index in [-0.39, 0.29) is 17.0 Å². The molecule has 0 spiro atoms. The summed E-state index contributed by atoms with van der Waals surface area (Å²) in [5.74, 6) is -3.80. The summed E-state index contributed by atoms with van der Waals surface area (Å²) in [6, 6.07) is 0. The number of fused-ring (bicyclic) bond motifs is 1. The van der Waals surface area contributed by atoms with E-state index in [2.05, 4.69) is 25.0 Å². The van der Waals surface area contributed by atoms with Crippen LogP contribution in [0.5, 0.6) is 0 Å². The van der Waals surface area contributed by atoms with Gasteiger partial charge in [-0.2, -0.15) is 8.78 Å². The lowest BCUT2D eigenvalue weighted by atomic mass is 10.1. The minimum Gasteiger partial charge on any atom is -0.393 e. The zero-order chi connectivity index (χ0) is 17.7. The molecule has 0 amide bonds. The largest absolute Gasteiger partial charge is 0.393 e. The van der Waals surface area contributed by atoms with Crippen molar-refractivity contribution in [3.05, 3.63) is 32.9 Å². The van der Waals surface area contributed by atoms with E-state index >= 15 is 0 Å². The number of aliphatic hydroxyl groups excluding tert-OH is 2. The van der Waals surface area contributed by atoms with Gasteiger partial charge in [-0.05, 0) is 12.5 Å². The van der Waals surface area contributed by atoms with Crippen LogP contribution in [0.25, 0.3) is 21.6 Å². The summed E-state index contributed by atoms with van der Waals surface area (Å²) in [7, 11) is 0. The van der Waals surface area contributed by atoms with Crippen molar-refractivity contribution in [1.29, 1.82) is 0 Å². The van der Waals surface area contributed by atoms with Crippen molar-refractivity contribution in [3.8, 4) is 0 Å². The van der Waals surface area contributed by atoms with Crippen LogP contribution in [-0.4, -0.2) is 54.1 Å². The van der Waals surface area contributed by atoms with Crippen molar-refractivity contribution >= 4 is 11.2 Å². The first-order valence-electron chi connectivity index (χ1n) is 6.61. The van der Waals surface area contributed by atoms with Crippen LogP contribution < -0.4 is 5.56 Å². The number of ether oxygens (including phenoxy) is 1. The van der Waals surface area contributed by atoms with Crippen molar-refractivity contribution in [1.82, 2.24) is 19.5 Å². The van der Waals surface area contributed by atoms with Crippen LogP contribution in [0.1, 0.15) is 12.1 Å². The number of imidazole rings is 1. The number of nitrogens with zero attached hydrogens (tertiary/aromatic N) is 6. The Bertz CT molecular complexity index is 905. The zero-order valence-electron chi connectivity index (χ0n) is 12.1. The van der Waals surface area contributed by atoms with Gasteiger partial charge in [-0.3, -0.25) is 9.36 Å². The fraction of sp³-hybridized carbons (Fsp3) is 0.545. The molecule has 0 aliphatic carbocycles. The van der Waals surface area contributed by atoms with Crippen molar-refractivity contribution in [2.45, 2.75) is 30.9 Å². The molecule has 3 N–H and O–H groups in total. The quantitative estimate of drug-likeness (QED) is 0.402. The minimum atomic E-state index is -3.96. The molecule has 0 saturated carbocycles. The van der Waals surface area contributed by atoms with E-state index in [1.807, 2.05) is 0 Å². The van der Waals surface area contributed by atoms with E-state index in [9.17, 15) is 23.8 Å². The molecule has 13 heteroatoms. The average Bonchev–Trinajstić information content (AvgIpc) is 3.01. The molecule has 0 radical (unpaired) electrons. The number of aliphatic hydroxyl groups is 2. The average molecular weight is 343 g/mol. The standard InChI is InChI=1S/C11H11F2N7O4/c1-4-16-6-5(7(22)17-4)15-3-20(6)9-11(12,13)8(23)10(2-21,24-9)18-19-14/h3,8-9,21,23H,2H2,1H3,(H,16,17,22)/t8-,9-,10-/m1/s1. The van der Waals surface area contributed by atoms with Gasteiger partial charge in [0.1, 0.15) is 5.82 Å². The van der Waals surface area contributed by atoms with Crippen LogP contribution in [0, 0.1) is 6.92 Å². The van der Waals surface area contributed by atoms with Crippen LogP contribution in [0.3, 0.4) is 0 Å². The summed E-state index contributed by atoms with van der Waals surface area (Å²) in [6.45, 7) is 0.267. The molecule has 2 aromatic heterocycles. The Morgan fingerprint density at radius 3 is 2.96 bits per heavy atom. The van der Waals surface area contributed by atoms with Gasteiger partial charge in [-0.25, -0.2) is 9.97 Å². The second-order valence-electron chi connectivity index (χ2n) is 5.22. The number of hydrogen-bond acceptors (Lipinski definition) is 7. The predicted molar refractivity (Wildman–Crippen MR) is 72.9 cm³/mol. The molecule has 0 unspecified atom stereocenters. The fourth-order valence-corrected chi connectivity index (χ4v) is 2.53. The minimum absolute atomic E-state index is 0.152. The van der Waals surface area contributed by atoms with Gasteiger partial charge in [0, 0.05) is 4.91 Å². The number of alkyl halides is 2. The van der Waals surface area contributed by atoms with E-state index < -0.39 is 36.1 Å². The first-order chi connectivity index (χ1) is 11.3. The van der Waals surface area contributed by atoms with Gasteiger partial charge < -0.3 is 19.9 Å². The summed E-state index contributed by atoms with van der Waals surface area (Å²) >= 11 is 0. The fourth-order valence-electron chi connectivity index (χ4n) is 2.53. The SMILES string of the molecule is Cc1nc2c(ncn2[C@@H]2O[C@@](CO)(N=[N+]=[N-])[C@@H](O)C2(F)F)c(=O)[nH]1. The molecule has 1 aliphatic heterocycles. The normalized spacial score (nSPS) is 28.9. The van der Waals surface area contributed by atoms with Gasteiger partial charge in [0.25, 0.3) is 5.56 Å². The van der Waals surface area contributed by atoms with E-state index in [0.29, 0.717) is 0 Å². The van der Waals surface area contributed by atoms with Gasteiger partial charge in [0.2, 0.25) is 12.0 Å². The Morgan fingerprint density at radius 1 is 1.62 bits per heavy atom. The van der Waals surface area contributed by atoms with Crippen LogP contribution in [0.4, 0.5) is 8.78 Å². The highest BCUT2D eigenvalue weighted by Crippen LogP contribution is 2.49. The Hall–Kier alpha value is -2.60. The molecule has 11 nitrogen and oxygen atoms in total. The van der Waals surface area contributed by atoms with Crippen LogP contribution in [0.15, 0.2) is 16.2 Å². The number of aromatic nitrogens is 4. The van der Waals surface area contributed by atoms with Crippen LogP contribution in [-0.2, 0) is 4.74 Å². The summed E-state index contributed by atoms with van der Waals surface area (Å²) in [5, 5.41) is 22.1. The third-order valence-corrected chi connectivity index (χ3v) is 3.68. The molecule has 3 rings (SSSR count). The molecule has 128 valence electrons. The number of hydrogen-bond donors (Lipinski definition) is 3. The first-order valence-corrected chi connectivity index (χ1v) is 6.61. The highest BCUT2D eigenvalue weighted by Gasteiger charge is 2.67. The van der Waals surface area contributed by atoms with Crippen LogP contribution >= 0.6 is 0 Å². The summed E-state index contributed by atoms with van der Waals surface area (Å²) in [5.41, 5.74) is 4.88. The predicted octanol–water partition coefficient (Wildman–Crippen LogP) is -0.0481. The first kappa shape index (κ1) is 16.3. The Balaban J connectivity index is 2.20. The number of aryl methyl sites for hydroxylation is 1. The van der Waals surface area contributed by atoms with E-state index in [1.165, 1.54) is 6.92 Å². The Morgan fingerprint density at radius 2 is 2.33 bits per heavy atom. The van der Waals surface area contributed by atoms with E-state index in [1.54, 1.807) is 0 Å². The van der Waals surface area contributed by atoms with Gasteiger partial charge in [0.15, 0.2) is 17.3 Å². The Labute approximate surface area is 131 Å². The maximum absolute atomic E-state index is 14.5. The number of H-pyrrole nitrogens is 1. The maximum atomic E-state index is 14.5. The molecule has 3 atom stereocenters. The molecule has 3 heterocycles. The molecule has 0 aromatic carbocycles. The van der Waals surface area contributed by atoms with Gasteiger partial charge >= 0.3 is 5.92 Å². The Kier molecular flexibility index (Phi) is 3.53. The molecule has 0 bridgehead atoms. The number of nitrogens with one attached hydrogen (secondary N) is 1. The molecule has 1 saturated heterocycles. The zero-order valence-corrected chi connectivity index (χ0v) is 12.1. The second-order valence-corrected chi connectivity index (χ2v) is 5.22. The second kappa shape index (κ2) is 5.21. The molecule has 1 aliphatic rings. The van der Waals surface area contributed by atoms with Gasteiger partial charge in [0.05, 0.1) is 12.9 Å². The molecule has 24 heavy (non-hydrogen) atoms. The summed E-state index contributed by atoms with van der Waals surface area (Å²) in [6.07, 6.45) is -3.92. The molecular formula is C11H11F2N7O4. The lowest BCUT2D eigenvalue weighted by molar-refractivity contribution is -0.141. The number of azide groups is 1. The van der Waals surface area contributed by atoms with Crippen molar-refractivity contribution in [3.63, 3.8) is 0 Å². The number of aromatic amines is 1. The summed E-state index contributed by atoms with van der Waals surface area (Å²) in [4.78, 5) is 24.1. The molecule has 1 fully saturated rings. The van der Waals surface area contributed by atoms with Crippen molar-refractivity contribution in [2.24, 2.45) is 5.11 Å². The number of rotatable bonds is 3. The lowest BCUT2D eigenvalue weighted by Crippen LogP contribution is -2.47. The maximum Gasteiger partial charge on any atom is 0.320 e. The van der Waals surface area contributed by atoms with Gasteiger partial charge in [-0.1, -0.05) is 5.11 Å². The van der Waals surface area contributed by atoms with E-state index in [4.69, 9.17) is 10.3 Å². The van der Waals surface area contributed by atoms with Crippen molar-refractivity contribution in [2.75, 3.05) is 6.61 Å². The molecule has 2 aromatic rings. The number of halogens is 2. The third kappa shape index (κ3) is 2.06. The highest BCUT2D eigenvalue weighted by atomic mass is 19.3. The highest BCUT2D eigenvalue weighted by molar-refractivity contribution is 5.69. The van der Waals surface area contributed by atoms with Crippen molar-refractivity contribution < 1.29 is 23.7 Å². The topological polar surface area (TPSA) is 162 Å². The molecular weight excluding hydrogens is 332 g/mol.